The molecule has 0 radical (unpaired) electrons. The van der Waals surface area contributed by atoms with Crippen LogP contribution in [0.15, 0.2) is 77.7 Å². The first-order valence-corrected chi connectivity index (χ1v) is 16.1. The van der Waals surface area contributed by atoms with E-state index in [0.717, 1.165) is 30.0 Å². The highest BCUT2D eigenvalue weighted by Gasteiger charge is 2.34. The summed E-state index contributed by atoms with van der Waals surface area (Å²) in [6, 6.07) is 18.6. The van der Waals surface area contributed by atoms with Crippen LogP contribution >= 0.6 is 23.2 Å². The Hall–Kier alpha value is -3.27. The van der Waals surface area contributed by atoms with Crippen LogP contribution in [0.1, 0.15) is 44.6 Å². The Morgan fingerprint density at radius 1 is 0.976 bits per heavy atom. The van der Waals surface area contributed by atoms with Gasteiger partial charge in [-0.15, -0.1) is 0 Å². The van der Waals surface area contributed by atoms with Crippen LogP contribution < -0.4 is 14.4 Å². The number of nitrogens with zero attached hydrogens (tertiary/aromatic N) is 2. The lowest BCUT2D eigenvalue weighted by Gasteiger charge is -2.34. The summed E-state index contributed by atoms with van der Waals surface area (Å²) in [7, 11) is -2.64. The number of ether oxygens (including phenoxy) is 1. The zero-order valence-electron chi connectivity index (χ0n) is 23.6. The van der Waals surface area contributed by atoms with Gasteiger partial charge in [0.05, 0.1) is 27.7 Å². The van der Waals surface area contributed by atoms with Crippen molar-refractivity contribution in [3.05, 3.63) is 88.4 Å². The number of nitrogens with one attached hydrogen (secondary N) is 1. The van der Waals surface area contributed by atoms with Gasteiger partial charge >= 0.3 is 0 Å². The lowest BCUT2D eigenvalue weighted by Crippen LogP contribution is -2.53. The highest BCUT2D eigenvalue weighted by atomic mass is 35.5. The number of sulfonamides is 1. The van der Waals surface area contributed by atoms with Gasteiger partial charge in [0.25, 0.3) is 10.0 Å². The van der Waals surface area contributed by atoms with Gasteiger partial charge in [0.15, 0.2) is 0 Å². The molecule has 1 fully saturated rings. The molecule has 1 saturated carbocycles. The molecule has 0 saturated heterocycles. The maximum atomic E-state index is 14.2. The second kappa shape index (κ2) is 14.3. The summed E-state index contributed by atoms with van der Waals surface area (Å²) in [5.74, 6) is -0.262. The van der Waals surface area contributed by atoms with E-state index in [9.17, 15) is 18.0 Å². The molecule has 0 unspecified atom stereocenters. The molecule has 1 atom stereocenters. The molecule has 224 valence electrons. The standard InChI is InChI=1S/C31H35Cl2N3O5S/c1-3-29(31(38)34-23-9-7-8-10-23)35(20-22-13-18-27(32)28(33)19-22)30(37)21-36(24-14-16-25(41-2)17-15-24)42(39,40)26-11-5-4-6-12-26/h4-6,11-19,23,29H,3,7-10,20-21H2,1-2H3,(H,34,38)/t29-/m0/s1. The lowest BCUT2D eigenvalue weighted by molar-refractivity contribution is -0.140. The third-order valence-electron chi connectivity index (χ3n) is 7.39. The molecule has 2 amide bonds. The molecule has 0 aromatic heterocycles. The molecule has 0 heterocycles. The fraction of sp³-hybridized carbons (Fsp3) is 0.355. The second-order valence-electron chi connectivity index (χ2n) is 10.2. The molecule has 0 bridgehead atoms. The molecule has 1 aliphatic rings. The third kappa shape index (κ3) is 7.56. The number of carbonyl (C=O) groups is 2. The number of amides is 2. The maximum Gasteiger partial charge on any atom is 0.264 e. The van der Waals surface area contributed by atoms with Gasteiger partial charge in [0.2, 0.25) is 11.8 Å². The zero-order chi connectivity index (χ0) is 30.3. The minimum atomic E-state index is -4.15. The van der Waals surface area contributed by atoms with E-state index in [0.29, 0.717) is 27.8 Å². The van der Waals surface area contributed by atoms with Crippen molar-refractivity contribution in [2.45, 2.75) is 62.6 Å². The zero-order valence-corrected chi connectivity index (χ0v) is 26.0. The van der Waals surface area contributed by atoms with E-state index < -0.39 is 28.5 Å². The van der Waals surface area contributed by atoms with E-state index in [4.69, 9.17) is 27.9 Å². The fourth-order valence-corrected chi connectivity index (χ4v) is 6.87. The quantitative estimate of drug-likeness (QED) is 0.262. The monoisotopic (exact) mass is 631 g/mol. The van der Waals surface area contributed by atoms with Gasteiger partial charge in [-0.05, 0) is 73.4 Å². The molecule has 8 nitrogen and oxygen atoms in total. The van der Waals surface area contributed by atoms with Crippen molar-refractivity contribution in [1.29, 1.82) is 0 Å². The summed E-state index contributed by atoms with van der Waals surface area (Å²) in [6.45, 7) is 1.34. The highest BCUT2D eigenvalue weighted by molar-refractivity contribution is 7.92. The molecule has 11 heteroatoms. The van der Waals surface area contributed by atoms with Crippen LogP contribution in [0.2, 0.25) is 10.0 Å². The molecule has 3 aromatic carbocycles. The fourth-order valence-electron chi connectivity index (χ4n) is 5.12. The summed E-state index contributed by atoms with van der Waals surface area (Å²) < 4.78 is 34.1. The topological polar surface area (TPSA) is 96.0 Å². The number of hydrogen-bond donors (Lipinski definition) is 1. The SMILES string of the molecule is CC[C@@H](C(=O)NC1CCCC1)N(Cc1ccc(Cl)c(Cl)c1)C(=O)CN(c1ccc(OC)cc1)S(=O)(=O)c1ccccc1. The Morgan fingerprint density at radius 3 is 2.24 bits per heavy atom. The van der Waals surface area contributed by atoms with Crippen LogP contribution in [0.4, 0.5) is 5.69 Å². The number of benzene rings is 3. The summed E-state index contributed by atoms with van der Waals surface area (Å²) in [5.41, 5.74) is 0.942. The lowest BCUT2D eigenvalue weighted by atomic mass is 10.1. The molecule has 42 heavy (non-hydrogen) atoms. The van der Waals surface area contributed by atoms with Gasteiger partial charge in [-0.3, -0.25) is 13.9 Å². The first-order chi connectivity index (χ1) is 20.1. The van der Waals surface area contributed by atoms with E-state index in [1.807, 2.05) is 6.92 Å². The molecular formula is C31H35Cl2N3O5S. The highest BCUT2D eigenvalue weighted by Crippen LogP contribution is 2.28. The van der Waals surface area contributed by atoms with E-state index >= 15 is 0 Å². The van der Waals surface area contributed by atoms with Crippen molar-refractivity contribution in [3.63, 3.8) is 0 Å². The Morgan fingerprint density at radius 2 is 1.64 bits per heavy atom. The Labute approximate surface area is 257 Å². The van der Waals surface area contributed by atoms with Crippen LogP contribution in [-0.4, -0.2) is 50.9 Å². The Kier molecular flexibility index (Phi) is 10.8. The van der Waals surface area contributed by atoms with E-state index in [-0.39, 0.29) is 29.1 Å². The average molecular weight is 633 g/mol. The van der Waals surface area contributed by atoms with Crippen LogP contribution in [0, 0.1) is 0 Å². The normalized spacial score (nSPS) is 14.3. The van der Waals surface area contributed by atoms with E-state index in [1.54, 1.807) is 60.7 Å². The Balaban J connectivity index is 1.72. The smallest absolute Gasteiger partial charge is 0.264 e. The van der Waals surface area contributed by atoms with Crippen LogP contribution in [0.3, 0.4) is 0 Å². The number of carbonyl (C=O) groups excluding carboxylic acids is 2. The predicted molar refractivity (Wildman–Crippen MR) is 165 cm³/mol. The molecule has 1 aliphatic carbocycles. The van der Waals surface area contributed by atoms with E-state index in [2.05, 4.69) is 5.32 Å². The summed E-state index contributed by atoms with van der Waals surface area (Å²) in [6.07, 6.45) is 4.20. The minimum absolute atomic E-state index is 0.0359. The predicted octanol–water partition coefficient (Wildman–Crippen LogP) is 6.06. The number of halogens is 2. The molecule has 0 aliphatic heterocycles. The number of rotatable bonds is 12. The third-order valence-corrected chi connectivity index (χ3v) is 9.92. The van der Waals surface area contributed by atoms with Gasteiger partial charge < -0.3 is 15.0 Å². The number of methoxy groups -OCH3 is 1. The van der Waals surface area contributed by atoms with Crippen LogP contribution in [0.25, 0.3) is 0 Å². The molecular weight excluding hydrogens is 597 g/mol. The summed E-state index contributed by atoms with van der Waals surface area (Å²) >= 11 is 12.4. The van der Waals surface area contributed by atoms with Crippen molar-refractivity contribution < 1.29 is 22.7 Å². The van der Waals surface area contributed by atoms with Crippen LogP contribution in [0.5, 0.6) is 5.75 Å². The number of anilines is 1. The second-order valence-corrected chi connectivity index (χ2v) is 12.9. The number of hydrogen-bond acceptors (Lipinski definition) is 5. The van der Waals surface area contributed by atoms with Gasteiger partial charge in [-0.25, -0.2) is 8.42 Å². The molecule has 1 N–H and O–H groups in total. The maximum absolute atomic E-state index is 14.2. The molecule has 0 spiro atoms. The van der Waals surface area contributed by atoms with Gasteiger partial charge in [-0.1, -0.05) is 67.2 Å². The van der Waals surface area contributed by atoms with Crippen LogP contribution in [-0.2, 0) is 26.2 Å². The van der Waals surface area contributed by atoms with Crippen molar-refractivity contribution in [2.24, 2.45) is 0 Å². The van der Waals surface area contributed by atoms with Gasteiger partial charge in [-0.2, -0.15) is 0 Å². The first kappa shape index (κ1) is 31.7. The van der Waals surface area contributed by atoms with E-state index in [1.165, 1.54) is 24.1 Å². The molecule has 3 aromatic rings. The van der Waals surface area contributed by atoms with Crippen molar-refractivity contribution in [1.82, 2.24) is 10.2 Å². The van der Waals surface area contributed by atoms with Gasteiger partial charge in [0, 0.05) is 12.6 Å². The molecule has 4 rings (SSSR count). The van der Waals surface area contributed by atoms with Crippen molar-refractivity contribution >= 4 is 50.7 Å². The Bertz CT molecular complexity index is 1480. The van der Waals surface area contributed by atoms with Gasteiger partial charge in [0.1, 0.15) is 18.3 Å². The minimum Gasteiger partial charge on any atom is -0.497 e. The summed E-state index contributed by atoms with van der Waals surface area (Å²) in [4.78, 5) is 29.2. The largest absolute Gasteiger partial charge is 0.497 e. The summed E-state index contributed by atoms with van der Waals surface area (Å²) in [5, 5.41) is 3.78. The van der Waals surface area contributed by atoms with Crippen molar-refractivity contribution in [3.8, 4) is 5.75 Å². The van der Waals surface area contributed by atoms with Crippen molar-refractivity contribution in [2.75, 3.05) is 18.0 Å². The average Bonchev–Trinajstić information content (AvgIpc) is 3.51. The first-order valence-electron chi connectivity index (χ1n) is 13.9.